The van der Waals surface area contributed by atoms with Crippen LogP contribution in [0.4, 0.5) is 0 Å². The van der Waals surface area contributed by atoms with Crippen molar-refractivity contribution in [2.45, 2.75) is 6.17 Å². The Hall–Kier alpha value is -5.69. The molecular weight excluding hydrogens is 680 g/mol. The quantitative estimate of drug-likeness (QED) is 0.137. The molecule has 7 aromatic carbocycles. The van der Waals surface area contributed by atoms with Gasteiger partial charge < -0.3 is 10.7 Å². The van der Waals surface area contributed by atoms with Crippen molar-refractivity contribution in [3.63, 3.8) is 0 Å². The standard InChI is InChI=1S/C48H39N3P2/c49-48(51-47-31-30-39(35-50-47)36-16-6-1-7-17-36)38-28-26-37(27-29-38)40-32-45(52(41-18-8-2-9-19-41)42-20-10-3-11-21-42)34-46(33-40)53(43-22-12-4-13-23-43)44-24-14-5-15-25-44/h1-35,48H,49H2,(H,50,51). The minimum Gasteiger partial charge on any atom is -0.346 e. The molecule has 0 radical (unpaired) electrons. The van der Waals surface area contributed by atoms with Crippen LogP contribution in [0.1, 0.15) is 11.7 Å². The summed E-state index contributed by atoms with van der Waals surface area (Å²) in [6.07, 6.45) is 1.48. The number of aromatic amines is 1. The molecule has 3 nitrogen and oxygen atoms in total. The van der Waals surface area contributed by atoms with E-state index in [2.05, 4.69) is 187 Å². The van der Waals surface area contributed by atoms with Gasteiger partial charge in [-0.3, -0.25) is 0 Å². The van der Waals surface area contributed by atoms with E-state index in [0.717, 1.165) is 27.7 Å². The number of H-pyrrole nitrogens is 1. The third-order valence-corrected chi connectivity index (χ3v) is 14.1. The van der Waals surface area contributed by atoms with Crippen molar-refractivity contribution in [1.82, 2.24) is 4.98 Å². The minimum absolute atomic E-state index is 0.502. The van der Waals surface area contributed by atoms with Crippen LogP contribution in [0.15, 0.2) is 217 Å². The van der Waals surface area contributed by atoms with E-state index in [1.165, 1.54) is 37.4 Å². The lowest BCUT2D eigenvalue weighted by molar-refractivity contribution is 0.738. The highest BCUT2D eigenvalue weighted by atomic mass is 31.1. The van der Waals surface area contributed by atoms with Crippen LogP contribution in [-0.4, -0.2) is 4.98 Å². The summed E-state index contributed by atoms with van der Waals surface area (Å²) >= 11 is 0. The minimum atomic E-state index is -0.822. The number of pyridine rings is 1. The van der Waals surface area contributed by atoms with Gasteiger partial charge in [-0.15, -0.1) is 0 Å². The van der Waals surface area contributed by atoms with Crippen LogP contribution in [0, 0.1) is 0 Å². The van der Waals surface area contributed by atoms with E-state index < -0.39 is 22.0 Å². The zero-order chi connectivity index (χ0) is 35.8. The summed E-state index contributed by atoms with van der Waals surface area (Å²) in [5, 5.41) is 7.98. The molecule has 0 aliphatic carbocycles. The van der Waals surface area contributed by atoms with E-state index in [-0.39, 0.29) is 0 Å². The molecule has 0 aliphatic heterocycles. The summed E-state index contributed by atoms with van der Waals surface area (Å²) in [5.74, 6) is 0. The maximum absolute atomic E-state index is 6.67. The van der Waals surface area contributed by atoms with Crippen LogP contribution in [0.5, 0.6) is 0 Å². The average Bonchev–Trinajstić information content (AvgIpc) is 3.23. The van der Waals surface area contributed by atoms with Gasteiger partial charge in [-0.05, 0) is 106 Å². The fourth-order valence-electron chi connectivity index (χ4n) is 6.63. The lowest BCUT2D eigenvalue weighted by Crippen LogP contribution is -2.26. The van der Waals surface area contributed by atoms with E-state index >= 15 is 0 Å². The van der Waals surface area contributed by atoms with Gasteiger partial charge in [0.1, 0.15) is 11.7 Å². The Morgan fingerprint density at radius 3 is 1.19 bits per heavy atom. The molecule has 1 unspecified atom stereocenters. The molecule has 0 aliphatic rings. The molecule has 8 aromatic rings. The fourth-order valence-corrected chi connectivity index (χ4v) is 11.5. The molecule has 5 heteroatoms. The zero-order valence-electron chi connectivity index (χ0n) is 29.2. The van der Waals surface area contributed by atoms with Crippen LogP contribution in [0.3, 0.4) is 0 Å². The van der Waals surface area contributed by atoms with Gasteiger partial charge >= 0.3 is 0 Å². The van der Waals surface area contributed by atoms with Crippen LogP contribution in [0.2, 0.25) is 0 Å². The molecule has 0 saturated carbocycles. The van der Waals surface area contributed by atoms with Gasteiger partial charge in [0, 0.05) is 6.20 Å². The van der Waals surface area contributed by atoms with Crippen molar-refractivity contribution < 1.29 is 0 Å². The maximum Gasteiger partial charge on any atom is 0.127 e. The second kappa shape index (κ2) is 16.3. The predicted molar refractivity (Wildman–Crippen MR) is 228 cm³/mol. The van der Waals surface area contributed by atoms with E-state index in [9.17, 15) is 0 Å². The molecule has 0 spiro atoms. The van der Waals surface area contributed by atoms with Gasteiger partial charge in [0.2, 0.25) is 0 Å². The van der Waals surface area contributed by atoms with Gasteiger partial charge in [-0.1, -0.05) is 176 Å². The Balaban J connectivity index is 1.21. The zero-order valence-corrected chi connectivity index (χ0v) is 31.0. The topological polar surface area (TPSA) is 54.2 Å². The fraction of sp³-hybridized carbons (Fsp3) is 0.0208. The van der Waals surface area contributed by atoms with Crippen LogP contribution < -0.4 is 43.0 Å². The van der Waals surface area contributed by atoms with Crippen LogP contribution in [-0.2, 0) is 0 Å². The number of aromatic nitrogens is 1. The number of hydrogen-bond acceptors (Lipinski definition) is 2. The second-order valence-corrected chi connectivity index (χ2v) is 17.2. The molecule has 53 heavy (non-hydrogen) atoms. The number of nitrogens with two attached hydrogens (primary N) is 1. The van der Waals surface area contributed by atoms with E-state index in [1.807, 2.05) is 30.5 Å². The highest BCUT2D eigenvalue weighted by Gasteiger charge is 2.22. The normalized spacial score (nSPS) is 12.2. The predicted octanol–water partition coefficient (Wildman–Crippen LogP) is 8.42. The SMILES string of the molecule is NC(/N=c1/ccc(-c2ccccc2)c[nH]1)c1ccc(-c2cc(P(c3ccccc3)c3ccccc3)cc(P(c3ccccc3)c3ccccc3)c2)cc1. The molecule has 0 fully saturated rings. The van der Waals surface area contributed by atoms with Crippen molar-refractivity contribution >= 4 is 47.7 Å². The second-order valence-electron chi connectivity index (χ2n) is 12.8. The lowest BCUT2D eigenvalue weighted by atomic mass is 10.0. The number of hydrogen-bond donors (Lipinski definition) is 2. The van der Waals surface area contributed by atoms with Gasteiger partial charge in [0.05, 0.1) is 0 Å². The highest BCUT2D eigenvalue weighted by molar-refractivity contribution is 7.81. The van der Waals surface area contributed by atoms with E-state index in [4.69, 9.17) is 10.7 Å². The Morgan fingerprint density at radius 2 is 0.774 bits per heavy atom. The molecule has 256 valence electrons. The summed E-state index contributed by atoms with van der Waals surface area (Å²) in [6.45, 7) is 0. The number of nitrogens with one attached hydrogen (secondary N) is 1. The number of benzene rings is 7. The monoisotopic (exact) mass is 719 g/mol. The van der Waals surface area contributed by atoms with E-state index in [0.29, 0.717) is 0 Å². The highest BCUT2D eigenvalue weighted by Crippen LogP contribution is 2.38. The van der Waals surface area contributed by atoms with Crippen molar-refractivity contribution in [2.75, 3.05) is 0 Å². The Morgan fingerprint density at radius 1 is 0.377 bits per heavy atom. The van der Waals surface area contributed by atoms with E-state index in [1.54, 1.807) is 0 Å². The number of nitrogens with zero attached hydrogens (tertiary/aromatic N) is 1. The van der Waals surface area contributed by atoms with Crippen molar-refractivity contribution in [3.8, 4) is 22.3 Å². The molecule has 1 heterocycles. The van der Waals surface area contributed by atoms with Gasteiger partial charge in [0.15, 0.2) is 0 Å². The Kier molecular flexibility index (Phi) is 10.6. The Labute approximate surface area is 314 Å². The molecule has 0 amide bonds. The molecular formula is C48H39N3P2. The maximum atomic E-state index is 6.67. The summed E-state index contributed by atoms with van der Waals surface area (Å²) in [7, 11) is -1.64. The van der Waals surface area contributed by atoms with Gasteiger partial charge in [-0.25, -0.2) is 4.99 Å². The summed E-state index contributed by atoms with van der Waals surface area (Å²) in [5.41, 5.74) is 13.0. The molecule has 8 rings (SSSR count). The summed E-state index contributed by atoms with van der Waals surface area (Å²) in [6, 6.07) is 74.1. The average molecular weight is 720 g/mol. The van der Waals surface area contributed by atoms with Crippen molar-refractivity contribution in [2.24, 2.45) is 10.7 Å². The summed E-state index contributed by atoms with van der Waals surface area (Å²) < 4.78 is 0. The molecule has 1 aromatic heterocycles. The van der Waals surface area contributed by atoms with Gasteiger partial charge in [0.25, 0.3) is 0 Å². The first-order valence-corrected chi connectivity index (χ1v) is 20.5. The van der Waals surface area contributed by atoms with Crippen molar-refractivity contribution in [3.05, 3.63) is 224 Å². The molecule has 3 N–H and O–H groups in total. The smallest absolute Gasteiger partial charge is 0.127 e. The van der Waals surface area contributed by atoms with Crippen LogP contribution in [0.25, 0.3) is 22.3 Å². The van der Waals surface area contributed by atoms with Crippen molar-refractivity contribution in [1.29, 1.82) is 0 Å². The first-order chi connectivity index (χ1) is 26.2. The largest absolute Gasteiger partial charge is 0.346 e. The molecule has 0 saturated heterocycles. The third kappa shape index (κ3) is 8.05. The molecule has 0 bridgehead atoms. The van der Waals surface area contributed by atoms with Gasteiger partial charge in [-0.2, -0.15) is 0 Å². The molecule has 1 atom stereocenters. The first kappa shape index (κ1) is 34.4. The van der Waals surface area contributed by atoms with Crippen LogP contribution >= 0.6 is 15.8 Å². The number of rotatable bonds is 10. The Bertz CT molecular complexity index is 2250. The lowest BCUT2D eigenvalue weighted by Gasteiger charge is -2.25. The first-order valence-electron chi connectivity index (χ1n) is 17.8. The third-order valence-electron chi connectivity index (χ3n) is 9.24. The summed E-state index contributed by atoms with van der Waals surface area (Å²) in [4.78, 5) is 8.12.